The van der Waals surface area contributed by atoms with Gasteiger partial charge in [-0.15, -0.1) is 0 Å². The van der Waals surface area contributed by atoms with Crippen LogP contribution in [0.2, 0.25) is 0 Å². The van der Waals surface area contributed by atoms with E-state index in [0.29, 0.717) is 12.1 Å². The third kappa shape index (κ3) is 3.00. The van der Waals surface area contributed by atoms with E-state index >= 15 is 0 Å². The number of benzene rings is 2. The Morgan fingerprint density at radius 1 is 1.00 bits per heavy atom. The van der Waals surface area contributed by atoms with Crippen molar-refractivity contribution in [2.75, 3.05) is 10.8 Å². The van der Waals surface area contributed by atoms with E-state index in [4.69, 9.17) is 0 Å². The fourth-order valence-corrected chi connectivity index (χ4v) is 5.73. The molecule has 3 aromatic rings. The first kappa shape index (κ1) is 19.4. The standard InChI is InChI=1S/C22H16FN3O4S/c23-16-8-7-15(13-25-21(27)17-5-3-10-24-20(17)22(25)28)19(12-16)31(29,30)26-11-9-14-4-1-2-6-18(14)26/h1-8,10,12H,9,11,13H2. The van der Waals surface area contributed by atoms with Crippen LogP contribution >= 0.6 is 0 Å². The predicted octanol–water partition coefficient (Wildman–Crippen LogP) is 2.77. The summed E-state index contributed by atoms with van der Waals surface area (Å²) in [6, 6.07) is 13.5. The average molecular weight is 437 g/mol. The summed E-state index contributed by atoms with van der Waals surface area (Å²) in [4.78, 5) is 30.0. The minimum Gasteiger partial charge on any atom is -0.268 e. The van der Waals surface area contributed by atoms with Crippen molar-refractivity contribution < 1.29 is 22.4 Å². The van der Waals surface area contributed by atoms with E-state index in [1.807, 2.05) is 12.1 Å². The molecule has 2 aliphatic rings. The Labute approximate surface area is 177 Å². The van der Waals surface area contributed by atoms with Gasteiger partial charge in [-0.25, -0.2) is 12.8 Å². The summed E-state index contributed by atoms with van der Waals surface area (Å²) in [5, 5.41) is 0. The minimum absolute atomic E-state index is 0.0208. The van der Waals surface area contributed by atoms with Crippen molar-refractivity contribution in [3.8, 4) is 0 Å². The third-order valence-electron chi connectivity index (χ3n) is 5.50. The molecular weight excluding hydrogens is 421 g/mol. The number of halogens is 1. The van der Waals surface area contributed by atoms with E-state index in [0.717, 1.165) is 22.6 Å². The number of fused-ring (bicyclic) bond motifs is 2. The Morgan fingerprint density at radius 2 is 1.81 bits per heavy atom. The first-order chi connectivity index (χ1) is 14.9. The number of amides is 2. The number of hydrogen-bond donors (Lipinski definition) is 0. The summed E-state index contributed by atoms with van der Waals surface area (Å²) < 4.78 is 42.3. The maximum atomic E-state index is 14.1. The zero-order valence-electron chi connectivity index (χ0n) is 16.2. The Morgan fingerprint density at radius 3 is 2.61 bits per heavy atom. The maximum Gasteiger partial charge on any atom is 0.280 e. The molecule has 0 saturated heterocycles. The molecule has 0 aliphatic carbocycles. The van der Waals surface area contributed by atoms with Crippen LogP contribution in [0.25, 0.3) is 0 Å². The molecule has 0 N–H and O–H groups in total. The largest absolute Gasteiger partial charge is 0.280 e. The van der Waals surface area contributed by atoms with E-state index in [1.54, 1.807) is 18.2 Å². The van der Waals surface area contributed by atoms with Crippen LogP contribution in [0.5, 0.6) is 0 Å². The highest BCUT2D eigenvalue weighted by Crippen LogP contribution is 2.34. The molecule has 3 heterocycles. The smallest absolute Gasteiger partial charge is 0.268 e. The van der Waals surface area contributed by atoms with Crippen molar-refractivity contribution in [2.45, 2.75) is 17.9 Å². The second-order valence-electron chi connectivity index (χ2n) is 7.30. The number of pyridine rings is 1. The normalized spacial score (nSPS) is 15.4. The van der Waals surface area contributed by atoms with Gasteiger partial charge in [-0.3, -0.25) is 23.8 Å². The first-order valence-electron chi connectivity index (χ1n) is 9.58. The van der Waals surface area contributed by atoms with E-state index in [1.165, 1.54) is 22.6 Å². The summed E-state index contributed by atoms with van der Waals surface area (Å²) in [7, 11) is -4.12. The lowest BCUT2D eigenvalue weighted by Gasteiger charge is -2.23. The summed E-state index contributed by atoms with van der Waals surface area (Å²) in [5.74, 6) is -1.90. The van der Waals surface area contributed by atoms with Gasteiger partial charge in [0.15, 0.2) is 0 Å². The van der Waals surface area contributed by atoms with Gasteiger partial charge in [0.2, 0.25) is 0 Å². The number of hydrogen-bond acceptors (Lipinski definition) is 5. The number of carbonyl (C=O) groups is 2. The number of imide groups is 1. The number of nitrogens with zero attached hydrogens (tertiary/aromatic N) is 3. The van der Waals surface area contributed by atoms with E-state index in [2.05, 4.69) is 4.98 Å². The van der Waals surface area contributed by atoms with Gasteiger partial charge in [0.1, 0.15) is 11.5 Å². The van der Waals surface area contributed by atoms with Crippen LogP contribution in [0, 0.1) is 5.82 Å². The molecule has 0 atom stereocenters. The molecule has 0 bridgehead atoms. The summed E-state index contributed by atoms with van der Waals surface area (Å²) in [5.41, 5.74) is 1.76. The number of sulfonamides is 1. The molecule has 2 amide bonds. The molecule has 0 radical (unpaired) electrons. The summed E-state index contributed by atoms with van der Waals surface area (Å²) >= 11 is 0. The molecule has 2 aliphatic heterocycles. The molecule has 31 heavy (non-hydrogen) atoms. The van der Waals surface area contributed by atoms with Crippen LogP contribution in [0.4, 0.5) is 10.1 Å². The number of aromatic nitrogens is 1. The lowest BCUT2D eigenvalue weighted by atomic mass is 10.2. The van der Waals surface area contributed by atoms with Gasteiger partial charge in [-0.2, -0.15) is 0 Å². The maximum absolute atomic E-state index is 14.1. The van der Waals surface area contributed by atoms with Crippen LogP contribution in [-0.2, 0) is 23.0 Å². The number of anilines is 1. The molecule has 0 saturated carbocycles. The highest BCUT2D eigenvalue weighted by atomic mass is 32.2. The minimum atomic E-state index is -4.12. The monoisotopic (exact) mass is 437 g/mol. The van der Waals surface area contributed by atoms with Gasteiger partial charge < -0.3 is 0 Å². The fraction of sp³-hybridized carbons (Fsp3) is 0.136. The van der Waals surface area contributed by atoms with Crippen LogP contribution < -0.4 is 4.31 Å². The molecule has 0 unspecified atom stereocenters. The van der Waals surface area contributed by atoms with Gasteiger partial charge >= 0.3 is 0 Å². The molecule has 156 valence electrons. The van der Waals surface area contributed by atoms with Crippen molar-refractivity contribution in [3.63, 3.8) is 0 Å². The van der Waals surface area contributed by atoms with Crippen molar-refractivity contribution in [3.05, 3.63) is 89.0 Å². The molecule has 7 nitrogen and oxygen atoms in total. The Kier molecular flexibility index (Phi) is 4.37. The van der Waals surface area contributed by atoms with Crippen molar-refractivity contribution in [1.29, 1.82) is 0 Å². The summed E-state index contributed by atoms with van der Waals surface area (Å²) in [6.07, 6.45) is 1.95. The van der Waals surface area contributed by atoms with Gasteiger partial charge in [0, 0.05) is 12.7 Å². The van der Waals surface area contributed by atoms with E-state index in [9.17, 15) is 22.4 Å². The molecule has 1 aromatic heterocycles. The van der Waals surface area contributed by atoms with Crippen LogP contribution in [0.15, 0.2) is 65.7 Å². The average Bonchev–Trinajstić information content (AvgIpc) is 3.31. The van der Waals surface area contributed by atoms with Crippen LogP contribution in [-0.4, -0.2) is 36.7 Å². The molecule has 0 spiro atoms. The van der Waals surface area contributed by atoms with Crippen LogP contribution in [0.3, 0.4) is 0 Å². The molecule has 0 fully saturated rings. The van der Waals surface area contributed by atoms with E-state index in [-0.39, 0.29) is 34.8 Å². The van der Waals surface area contributed by atoms with Gasteiger partial charge in [-0.1, -0.05) is 24.3 Å². The highest BCUT2D eigenvalue weighted by Gasteiger charge is 2.38. The van der Waals surface area contributed by atoms with Crippen molar-refractivity contribution >= 4 is 27.5 Å². The fourth-order valence-electron chi connectivity index (χ4n) is 4.00. The SMILES string of the molecule is O=C1c2cccnc2C(=O)N1Cc1ccc(F)cc1S(=O)(=O)N1CCc2ccccc21. The topological polar surface area (TPSA) is 87.6 Å². The summed E-state index contributed by atoms with van der Waals surface area (Å²) in [6.45, 7) is -0.0765. The molecule has 2 aromatic carbocycles. The number of rotatable bonds is 4. The molecule has 5 rings (SSSR count). The van der Waals surface area contributed by atoms with Gasteiger partial charge in [0.25, 0.3) is 21.8 Å². The van der Waals surface area contributed by atoms with Crippen molar-refractivity contribution in [2.24, 2.45) is 0 Å². The zero-order chi connectivity index (χ0) is 21.8. The molecular formula is C22H16FN3O4S. The Balaban J connectivity index is 1.55. The predicted molar refractivity (Wildman–Crippen MR) is 110 cm³/mol. The quantitative estimate of drug-likeness (QED) is 0.586. The van der Waals surface area contributed by atoms with Gasteiger partial charge in [0.05, 0.1) is 22.7 Å². The van der Waals surface area contributed by atoms with Crippen molar-refractivity contribution in [1.82, 2.24) is 9.88 Å². The zero-order valence-corrected chi connectivity index (χ0v) is 17.0. The first-order valence-corrected chi connectivity index (χ1v) is 11.0. The third-order valence-corrected chi connectivity index (χ3v) is 7.40. The number of carbonyl (C=O) groups excluding carboxylic acids is 2. The lowest BCUT2D eigenvalue weighted by molar-refractivity contribution is 0.0639. The lowest BCUT2D eigenvalue weighted by Crippen LogP contribution is -2.33. The van der Waals surface area contributed by atoms with Crippen LogP contribution in [0.1, 0.15) is 32.0 Å². The van der Waals surface area contributed by atoms with Gasteiger partial charge in [-0.05, 0) is 47.9 Å². The second kappa shape index (κ2) is 6.98. The van der Waals surface area contributed by atoms with E-state index < -0.39 is 27.7 Å². The Bertz CT molecular complexity index is 1320. The number of para-hydroxylation sites is 1. The Hall–Kier alpha value is -3.59. The molecule has 9 heteroatoms. The second-order valence-corrected chi connectivity index (χ2v) is 9.13. The highest BCUT2D eigenvalue weighted by molar-refractivity contribution is 7.93.